The lowest BCUT2D eigenvalue weighted by Crippen LogP contribution is -2.45. The molecule has 2 aromatic rings. The molecule has 4 nitrogen and oxygen atoms in total. The molecule has 1 aromatic carbocycles. The number of thiazole rings is 1. The van der Waals surface area contributed by atoms with Crippen LogP contribution in [0.1, 0.15) is 12.5 Å². The van der Waals surface area contributed by atoms with Crippen LogP contribution in [0.15, 0.2) is 18.2 Å². The summed E-state index contributed by atoms with van der Waals surface area (Å²) in [5.41, 5.74) is 8.12. The van der Waals surface area contributed by atoms with Crippen LogP contribution in [-0.2, 0) is 6.54 Å². The minimum absolute atomic E-state index is 0.656. The van der Waals surface area contributed by atoms with E-state index in [1.807, 2.05) is 0 Å². The summed E-state index contributed by atoms with van der Waals surface area (Å²) < 4.78 is 1.20. The number of piperazine rings is 1. The molecule has 0 saturated carbocycles. The summed E-state index contributed by atoms with van der Waals surface area (Å²) in [5.74, 6) is 0. The van der Waals surface area contributed by atoms with E-state index in [2.05, 4.69) is 39.9 Å². The van der Waals surface area contributed by atoms with Crippen molar-refractivity contribution in [3.8, 4) is 0 Å². The van der Waals surface area contributed by atoms with Crippen molar-refractivity contribution in [1.82, 2.24) is 14.8 Å². The first-order chi connectivity index (χ1) is 9.24. The van der Waals surface area contributed by atoms with E-state index < -0.39 is 0 Å². The van der Waals surface area contributed by atoms with E-state index in [0.717, 1.165) is 25.2 Å². The molecule has 3 rings (SSSR count). The van der Waals surface area contributed by atoms with Crippen LogP contribution in [0.5, 0.6) is 0 Å². The summed E-state index contributed by atoms with van der Waals surface area (Å²) in [6.45, 7) is 9.13. The predicted molar refractivity (Wildman–Crippen MR) is 81.4 cm³/mol. The summed E-state index contributed by atoms with van der Waals surface area (Å²) in [5, 5.41) is 0.656. The first kappa shape index (κ1) is 12.8. The third-order valence-corrected chi connectivity index (χ3v) is 4.64. The molecule has 0 bridgehead atoms. The standard InChI is InChI=1S/C14H20N4S/c1-2-17-5-7-18(8-6-17)10-11-3-4-12-13(9-11)19-14(15)16-12/h3-4,9H,2,5-8,10H2,1H3,(H2,15,16). The third kappa shape index (κ3) is 2.88. The maximum Gasteiger partial charge on any atom is 0.181 e. The molecule has 0 amide bonds. The second-order valence-electron chi connectivity index (χ2n) is 5.06. The molecule has 0 atom stereocenters. The van der Waals surface area contributed by atoms with Crippen LogP contribution in [0.3, 0.4) is 0 Å². The van der Waals surface area contributed by atoms with Crippen LogP contribution in [0.4, 0.5) is 5.13 Å². The summed E-state index contributed by atoms with van der Waals surface area (Å²) in [7, 11) is 0. The molecule has 19 heavy (non-hydrogen) atoms. The lowest BCUT2D eigenvalue weighted by molar-refractivity contribution is 0.132. The molecular weight excluding hydrogens is 256 g/mol. The van der Waals surface area contributed by atoms with E-state index in [1.54, 1.807) is 11.3 Å². The molecule has 5 heteroatoms. The van der Waals surface area contributed by atoms with Crippen molar-refractivity contribution in [2.45, 2.75) is 13.5 Å². The van der Waals surface area contributed by atoms with Crippen LogP contribution in [0.2, 0.25) is 0 Å². The summed E-state index contributed by atoms with van der Waals surface area (Å²) in [6.07, 6.45) is 0. The highest BCUT2D eigenvalue weighted by Gasteiger charge is 2.15. The Bertz CT molecular complexity index is 558. The van der Waals surface area contributed by atoms with Gasteiger partial charge in [0.2, 0.25) is 0 Å². The Morgan fingerprint density at radius 2 is 1.95 bits per heavy atom. The van der Waals surface area contributed by atoms with E-state index in [0.29, 0.717) is 5.13 Å². The van der Waals surface area contributed by atoms with E-state index >= 15 is 0 Å². The average molecular weight is 276 g/mol. The second-order valence-corrected chi connectivity index (χ2v) is 6.13. The van der Waals surface area contributed by atoms with Gasteiger partial charge in [0.25, 0.3) is 0 Å². The number of anilines is 1. The zero-order valence-electron chi connectivity index (χ0n) is 11.3. The lowest BCUT2D eigenvalue weighted by atomic mass is 10.2. The number of nitrogen functional groups attached to an aromatic ring is 1. The number of benzene rings is 1. The fourth-order valence-electron chi connectivity index (χ4n) is 2.61. The van der Waals surface area contributed by atoms with Crippen molar-refractivity contribution < 1.29 is 0 Å². The highest BCUT2D eigenvalue weighted by molar-refractivity contribution is 7.22. The Kier molecular flexibility index (Phi) is 3.68. The van der Waals surface area contributed by atoms with E-state index in [1.165, 1.54) is 29.9 Å². The quantitative estimate of drug-likeness (QED) is 0.931. The van der Waals surface area contributed by atoms with Crippen molar-refractivity contribution in [2.24, 2.45) is 0 Å². The first-order valence-corrected chi connectivity index (χ1v) is 7.66. The fourth-order valence-corrected chi connectivity index (χ4v) is 3.40. The maximum absolute atomic E-state index is 5.75. The number of likely N-dealkylation sites (N-methyl/N-ethyl adjacent to an activating group) is 1. The van der Waals surface area contributed by atoms with Gasteiger partial charge in [-0.25, -0.2) is 4.98 Å². The van der Waals surface area contributed by atoms with Gasteiger partial charge >= 0.3 is 0 Å². The van der Waals surface area contributed by atoms with Gasteiger partial charge in [0, 0.05) is 32.7 Å². The average Bonchev–Trinajstić information content (AvgIpc) is 2.79. The molecule has 1 saturated heterocycles. The van der Waals surface area contributed by atoms with Gasteiger partial charge < -0.3 is 10.6 Å². The van der Waals surface area contributed by atoms with Crippen LogP contribution in [0.25, 0.3) is 10.2 Å². The van der Waals surface area contributed by atoms with Crippen molar-refractivity contribution in [3.63, 3.8) is 0 Å². The highest BCUT2D eigenvalue weighted by atomic mass is 32.1. The molecule has 0 radical (unpaired) electrons. The van der Waals surface area contributed by atoms with Gasteiger partial charge in [-0.2, -0.15) is 0 Å². The van der Waals surface area contributed by atoms with E-state index in [9.17, 15) is 0 Å². The first-order valence-electron chi connectivity index (χ1n) is 6.84. The Morgan fingerprint density at radius 1 is 1.21 bits per heavy atom. The molecule has 0 spiro atoms. The normalized spacial score (nSPS) is 18.2. The van der Waals surface area contributed by atoms with Gasteiger partial charge in [-0.1, -0.05) is 24.3 Å². The fraction of sp³-hybridized carbons (Fsp3) is 0.500. The Labute approximate surface area is 117 Å². The molecule has 1 fully saturated rings. The molecular formula is C14H20N4S. The molecule has 1 aliphatic heterocycles. The van der Waals surface area contributed by atoms with Gasteiger partial charge in [0.15, 0.2) is 5.13 Å². The van der Waals surface area contributed by atoms with Gasteiger partial charge in [-0.15, -0.1) is 0 Å². The van der Waals surface area contributed by atoms with Crippen LogP contribution >= 0.6 is 11.3 Å². The number of nitrogens with two attached hydrogens (primary N) is 1. The van der Waals surface area contributed by atoms with Gasteiger partial charge in [0.05, 0.1) is 10.2 Å². The number of hydrogen-bond donors (Lipinski definition) is 1. The molecule has 1 aliphatic rings. The monoisotopic (exact) mass is 276 g/mol. The molecule has 2 heterocycles. The zero-order valence-corrected chi connectivity index (χ0v) is 12.1. The molecule has 2 N–H and O–H groups in total. The largest absolute Gasteiger partial charge is 0.375 e. The van der Waals surface area contributed by atoms with Gasteiger partial charge in [-0.05, 0) is 24.2 Å². The number of nitrogens with zero attached hydrogens (tertiary/aromatic N) is 3. The smallest absolute Gasteiger partial charge is 0.181 e. The zero-order chi connectivity index (χ0) is 13.2. The minimum Gasteiger partial charge on any atom is -0.375 e. The molecule has 102 valence electrons. The summed E-state index contributed by atoms with van der Waals surface area (Å²) in [4.78, 5) is 9.33. The van der Waals surface area contributed by atoms with Crippen LogP contribution < -0.4 is 5.73 Å². The van der Waals surface area contributed by atoms with Crippen molar-refractivity contribution in [3.05, 3.63) is 23.8 Å². The minimum atomic E-state index is 0.656. The third-order valence-electron chi connectivity index (χ3n) is 3.79. The summed E-state index contributed by atoms with van der Waals surface area (Å²) in [6, 6.07) is 6.49. The van der Waals surface area contributed by atoms with Crippen LogP contribution in [-0.4, -0.2) is 47.5 Å². The Hall–Kier alpha value is -1.17. The highest BCUT2D eigenvalue weighted by Crippen LogP contribution is 2.25. The number of aromatic nitrogens is 1. The van der Waals surface area contributed by atoms with Gasteiger partial charge in [0.1, 0.15) is 0 Å². The van der Waals surface area contributed by atoms with Crippen molar-refractivity contribution in [1.29, 1.82) is 0 Å². The lowest BCUT2D eigenvalue weighted by Gasteiger charge is -2.34. The molecule has 0 unspecified atom stereocenters. The maximum atomic E-state index is 5.75. The number of fused-ring (bicyclic) bond motifs is 1. The second kappa shape index (κ2) is 5.45. The predicted octanol–water partition coefficient (Wildman–Crippen LogP) is 2.02. The molecule has 1 aromatic heterocycles. The van der Waals surface area contributed by atoms with Gasteiger partial charge in [-0.3, -0.25) is 4.90 Å². The molecule has 0 aliphatic carbocycles. The number of hydrogen-bond acceptors (Lipinski definition) is 5. The van der Waals surface area contributed by atoms with E-state index in [-0.39, 0.29) is 0 Å². The Balaban J connectivity index is 1.68. The van der Waals surface area contributed by atoms with Crippen molar-refractivity contribution in [2.75, 3.05) is 38.5 Å². The summed E-state index contributed by atoms with van der Waals surface area (Å²) >= 11 is 1.57. The Morgan fingerprint density at radius 3 is 2.68 bits per heavy atom. The number of rotatable bonds is 3. The van der Waals surface area contributed by atoms with E-state index in [4.69, 9.17) is 5.73 Å². The van der Waals surface area contributed by atoms with Crippen LogP contribution in [0, 0.1) is 0 Å². The van der Waals surface area contributed by atoms with Crippen molar-refractivity contribution >= 4 is 26.7 Å². The topological polar surface area (TPSA) is 45.4 Å². The SMILES string of the molecule is CCN1CCN(Cc2ccc3nc(N)sc3c2)CC1.